The molecule has 0 saturated carbocycles. The van der Waals surface area contributed by atoms with E-state index in [0.29, 0.717) is 17.0 Å². The molecule has 0 bridgehead atoms. The zero-order valence-electron chi connectivity index (χ0n) is 7.67. The minimum atomic E-state index is -0.464. The number of rotatable bonds is 2. The SMILES string of the molecule is O=[N+]([O-])c1ccc(Cl)cc1C#CCCBr. The molecule has 0 radical (unpaired) electrons. The van der Waals surface area contributed by atoms with E-state index >= 15 is 0 Å². The van der Waals surface area contributed by atoms with Gasteiger partial charge in [0.25, 0.3) is 5.69 Å². The number of nitro groups is 1. The smallest absolute Gasteiger partial charge is 0.258 e. The molecule has 0 unspecified atom stereocenters. The summed E-state index contributed by atoms with van der Waals surface area (Å²) in [4.78, 5) is 10.2. The lowest BCUT2D eigenvalue weighted by Crippen LogP contribution is -1.91. The van der Waals surface area contributed by atoms with Crippen molar-refractivity contribution in [3.05, 3.63) is 38.9 Å². The second-order valence-electron chi connectivity index (χ2n) is 2.66. The summed E-state index contributed by atoms with van der Waals surface area (Å²) >= 11 is 8.96. The highest BCUT2D eigenvalue weighted by atomic mass is 79.9. The summed E-state index contributed by atoms with van der Waals surface area (Å²) in [6.45, 7) is 0. The number of nitro benzene ring substituents is 1. The van der Waals surface area contributed by atoms with E-state index < -0.39 is 4.92 Å². The second-order valence-corrected chi connectivity index (χ2v) is 3.89. The highest BCUT2D eigenvalue weighted by molar-refractivity contribution is 9.09. The van der Waals surface area contributed by atoms with Crippen molar-refractivity contribution in [3.63, 3.8) is 0 Å². The van der Waals surface area contributed by atoms with Crippen LogP contribution in [0.25, 0.3) is 0 Å². The van der Waals surface area contributed by atoms with Crippen LogP contribution >= 0.6 is 27.5 Å². The van der Waals surface area contributed by atoms with E-state index in [1.165, 1.54) is 18.2 Å². The molecule has 1 aromatic carbocycles. The van der Waals surface area contributed by atoms with Crippen molar-refractivity contribution >= 4 is 33.2 Å². The second kappa shape index (κ2) is 5.74. The molecule has 0 aliphatic rings. The first kappa shape index (κ1) is 12.0. The van der Waals surface area contributed by atoms with Gasteiger partial charge in [-0.3, -0.25) is 10.1 Å². The predicted octanol–water partition coefficient (Wildman–Crippen LogP) is 3.38. The molecule has 0 N–H and O–H groups in total. The Morgan fingerprint density at radius 2 is 2.27 bits per heavy atom. The summed E-state index contributed by atoms with van der Waals surface area (Å²) in [6, 6.07) is 4.34. The van der Waals surface area contributed by atoms with E-state index in [9.17, 15) is 10.1 Å². The molecule has 0 saturated heterocycles. The number of alkyl halides is 1. The lowest BCUT2D eigenvalue weighted by molar-refractivity contribution is -0.385. The highest BCUT2D eigenvalue weighted by Gasteiger charge is 2.11. The normalized spacial score (nSPS) is 9.20. The molecule has 0 spiro atoms. The van der Waals surface area contributed by atoms with Crippen LogP contribution in [0.2, 0.25) is 5.02 Å². The Kier molecular flexibility index (Phi) is 4.60. The van der Waals surface area contributed by atoms with Crippen molar-refractivity contribution in [1.29, 1.82) is 0 Å². The summed E-state index contributed by atoms with van der Waals surface area (Å²) in [5.41, 5.74) is 0.343. The van der Waals surface area contributed by atoms with Gasteiger partial charge in [0.15, 0.2) is 0 Å². The van der Waals surface area contributed by atoms with Crippen molar-refractivity contribution in [2.45, 2.75) is 6.42 Å². The fraction of sp³-hybridized carbons (Fsp3) is 0.200. The molecule has 1 aromatic rings. The summed E-state index contributed by atoms with van der Waals surface area (Å²) in [5.74, 6) is 5.54. The van der Waals surface area contributed by atoms with Crippen molar-refractivity contribution < 1.29 is 4.92 Å². The van der Waals surface area contributed by atoms with Gasteiger partial charge in [0.05, 0.1) is 4.92 Å². The summed E-state index contributed by atoms with van der Waals surface area (Å²) in [7, 11) is 0. The van der Waals surface area contributed by atoms with Gasteiger partial charge in [-0.15, -0.1) is 0 Å². The number of benzene rings is 1. The zero-order valence-corrected chi connectivity index (χ0v) is 10.0. The molecular formula is C10H7BrClNO2. The predicted molar refractivity (Wildman–Crippen MR) is 63.4 cm³/mol. The Bertz CT molecular complexity index is 437. The van der Waals surface area contributed by atoms with Gasteiger partial charge in [-0.05, 0) is 12.1 Å². The van der Waals surface area contributed by atoms with Gasteiger partial charge in [0, 0.05) is 22.8 Å². The lowest BCUT2D eigenvalue weighted by atomic mass is 10.2. The van der Waals surface area contributed by atoms with Gasteiger partial charge in [0.1, 0.15) is 5.56 Å². The Morgan fingerprint density at radius 3 is 2.87 bits per heavy atom. The molecule has 0 fully saturated rings. The highest BCUT2D eigenvalue weighted by Crippen LogP contribution is 2.21. The van der Waals surface area contributed by atoms with Gasteiger partial charge in [-0.25, -0.2) is 0 Å². The number of hydrogen-bond donors (Lipinski definition) is 0. The van der Waals surface area contributed by atoms with E-state index in [1.807, 2.05) is 0 Å². The van der Waals surface area contributed by atoms with Gasteiger partial charge < -0.3 is 0 Å². The van der Waals surface area contributed by atoms with E-state index in [4.69, 9.17) is 11.6 Å². The Morgan fingerprint density at radius 1 is 1.53 bits per heavy atom. The Balaban J connectivity index is 3.09. The third kappa shape index (κ3) is 3.54. The third-order valence-electron chi connectivity index (χ3n) is 1.60. The molecule has 78 valence electrons. The topological polar surface area (TPSA) is 43.1 Å². The van der Waals surface area contributed by atoms with Gasteiger partial charge in [-0.1, -0.05) is 39.4 Å². The van der Waals surface area contributed by atoms with E-state index in [1.54, 1.807) is 0 Å². The molecule has 0 amide bonds. The largest absolute Gasteiger partial charge is 0.285 e. The lowest BCUT2D eigenvalue weighted by Gasteiger charge is -1.95. The van der Waals surface area contributed by atoms with Crippen LogP contribution in [0.15, 0.2) is 18.2 Å². The van der Waals surface area contributed by atoms with Crippen LogP contribution in [-0.2, 0) is 0 Å². The van der Waals surface area contributed by atoms with Crippen LogP contribution in [0.3, 0.4) is 0 Å². The molecule has 5 heteroatoms. The van der Waals surface area contributed by atoms with E-state index in [0.717, 1.165) is 5.33 Å². The summed E-state index contributed by atoms with van der Waals surface area (Å²) < 4.78 is 0. The van der Waals surface area contributed by atoms with Crippen molar-refractivity contribution in [2.75, 3.05) is 5.33 Å². The summed E-state index contributed by atoms with van der Waals surface area (Å²) in [6.07, 6.45) is 0.643. The molecule has 0 heterocycles. The van der Waals surface area contributed by atoms with E-state index in [-0.39, 0.29) is 5.69 Å². The quantitative estimate of drug-likeness (QED) is 0.362. The number of halogens is 2. The monoisotopic (exact) mass is 287 g/mol. The fourth-order valence-electron chi connectivity index (χ4n) is 0.973. The average Bonchev–Trinajstić information content (AvgIpc) is 2.18. The maximum Gasteiger partial charge on any atom is 0.285 e. The standard InChI is InChI=1S/C10H7BrClNO2/c11-6-2-1-3-8-7-9(12)4-5-10(8)13(14)15/h4-5,7H,2,6H2. The third-order valence-corrected chi connectivity index (χ3v) is 2.23. The van der Waals surface area contributed by atoms with Crippen molar-refractivity contribution in [1.82, 2.24) is 0 Å². The van der Waals surface area contributed by atoms with Gasteiger partial charge >= 0.3 is 0 Å². The average molecular weight is 289 g/mol. The van der Waals surface area contributed by atoms with Gasteiger partial charge in [-0.2, -0.15) is 0 Å². The van der Waals surface area contributed by atoms with E-state index in [2.05, 4.69) is 27.8 Å². The first-order valence-corrected chi connectivity index (χ1v) is 5.64. The first-order valence-electron chi connectivity index (χ1n) is 4.14. The van der Waals surface area contributed by atoms with Crippen LogP contribution < -0.4 is 0 Å². The molecule has 3 nitrogen and oxygen atoms in total. The number of nitrogens with zero attached hydrogens (tertiary/aromatic N) is 1. The van der Waals surface area contributed by atoms with Crippen molar-refractivity contribution in [3.8, 4) is 11.8 Å². The molecule has 0 aliphatic heterocycles. The van der Waals surface area contributed by atoms with Crippen LogP contribution in [-0.4, -0.2) is 10.3 Å². The number of hydrogen-bond acceptors (Lipinski definition) is 2. The summed E-state index contributed by atoms with van der Waals surface area (Å²) in [5, 5.41) is 11.8. The minimum absolute atomic E-state index is 0.0125. The Labute approximate surface area is 101 Å². The maximum atomic E-state index is 10.7. The zero-order chi connectivity index (χ0) is 11.3. The fourth-order valence-corrected chi connectivity index (χ4v) is 1.34. The van der Waals surface area contributed by atoms with Crippen LogP contribution in [0.4, 0.5) is 5.69 Å². The maximum absolute atomic E-state index is 10.7. The van der Waals surface area contributed by atoms with Crippen LogP contribution in [0, 0.1) is 22.0 Å². The molecule has 0 atom stereocenters. The first-order chi connectivity index (χ1) is 7.15. The van der Waals surface area contributed by atoms with Gasteiger partial charge in [0.2, 0.25) is 0 Å². The minimum Gasteiger partial charge on any atom is -0.258 e. The van der Waals surface area contributed by atoms with Crippen LogP contribution in [0.1, 0.15) is 12.0 Å². The molecule has 1 rings (SSSR count). The molecular weight excluding hydrogens is 281 g/mol. The van der Waals surface area contributed by atoms with Crippen molar-refractivity contribution in [2.24, 2.45) is 0 Å². The molecule has 15 heavy (non-hydrogen) atoms. The Hall–Kier alpha value is -1.05. The molecule has 0 aliphatic carbocycles. The van der Waals surface area contributed by atoms with Crippen LogP contribution in [0.5, 0.6) is 0 Å². The molecule has 0 aromatic heterocycles.